The smallest absolute Gasteiger partial charge is 0.100 e. The molecule has 1 unspecified atom stereocenters. The first kappa shape index (κ1) is 14.2. The molecule has 2 atom stereocenters. The lowest BCUT2D eigenvalue weighted by Gasteiger charge is -2.30. The molecule has 1 aliphatic rings. The van der Waals surface area contributed by atoms with Crippen molar-refractivity contribution in [3.05, 3.63) is 28.5 Å². The van der Waals surface area contributed by atoms with Gasteiger partial charge in [0.2, 0.25) is 0 Å². The summed E-state index contributed by atoms with van der Waals surface area (Å²) in [6.07, 6.45) is 5.82. The van der Waals surface area contributed by atoms with Gasteiger partial charge in [0.15, 0.2) is 0 Å². The van der Waals surface area contributed by atoms with Gasteiger partial charge in [0.25, 0.3) is 0 Å². The number of nitrogens with zero attached hydrogens (tertiary/aromatic N) is 2. The van der Waals surface area contributed by atoms with Crippen LogP contribution in [0.3, 0.4) is 0 Å². The van der Waals surface area contributed by atoms with Crippen molar-refractivity contribution >= 4 is 26.9 Å². The van der Waals surface area contributed by atoms with Crippen LogP contribution >= 0.6 is 15.9 Å². The van der Waals surface area contributed by atoms with Crippen LogP contribution in [0.2, 0.25) is 0 Å². The first-order valence-corrected chi connectivity index (χ1v) is 8.08. The lowest BCUT2D eigenvalue weighted by atomic mass is 10.1. The predicted molar refractivity (Wildman–Crippen MR) is 78.5 cm³/mol. The first-order chi connectivity index (χ1) is 8.39. The predicted octanol–water partition coefficient (Wildman–Crippen LogP) is 3.44. The van der Waals surface area contributed by atoms with Gasteiger partial charge in [0, 0.05) is 29.5 Å². The Morgan fingerprint density at radius 2 is 2.17 bits per heavy atom. The van der Waals surface area contributed by atoms with Gasteiger partial charge in [-0.25, -0.2) is 8.51 Å². The van der Waals surface area contributed by atoms with Crippen molar-refractivity contribution < 1.29 is 4.21 Å². The van der Waals surface area contributed by atoms with E-state index in [1.54, 1.807) is 6.20 Å². The van der Waals surface area contributed by atoms with Crippen molar-refractivity contribution in [3.63, 3.8) is 0 Å². The molecule has 100 valence electrons. The summed E-state index contributed by atoms with van der Waals surface area (Å²) >= 11 is 3.45. The third-order valence-corrected chi connectivity index (χ3v) is 5.40. The molecule has 1 fully saturated rings. The van der Waals surface area contributed by atoms with Crippen molar-refractivity contribution in [3.8, 4) is 0 Å². The van der Waals surface area contributed by atoms with Gasteiger partial charge in [-0.1, -0.05) is 0 Å². The Bertz CT molecular complexity index is 459. The number of pyridine rings is 1. The molecule has 0 amide bonds. The van der Waals surface area contributed by atoms with Crippen LogP contribution in [0, 0.1) is 0 Å². The molecule has 18 heavy (non-hydrogen) atoms. The summed E-state index contributed by atoms with van der Waals surface area (Å²) in [5.41, 5.74) is 1.15. The molecule has 5 heteroatoms. The molecule has 0 N–H and O–H groups in total. The molecule has 0 bridgehead atoms. The minimum Gasteiger partial charge on any atom is -0.263 e. The van der Waals surface area contributed by atoms with Gasteiger partial charge >= 0.3 is 0 Å². The highest BCUT2D eigenvalue weighted by Crippen LogP contribution is 2.36. The van der Waals surface area contributed by atoms with E-state index in [4.69, 9.17) is 0 Å². The normalized spacial score (nSPS) is 23.2. The first-order valence-electron chi connectivity index (χ1n) is 6.18. The van der Waals surface area contributed by atoms with E-state index in [9.17, 15) is 4.21 Å². The van der Waals surface area contributed by atoms with E-state index in [1.807, 2.05) is 27.0 Å². The van der Waals surface area contributed by atoms with Crippen LogP contribution in [-0.4, -0.2) is 24.8 Å². The topological polar surface area (TPSA) is 33.2 Å². The maximum atomic E-state index is 12.5. The lowest BCUT2D eigenvalue weighted by Crippen LogP contribution is -2.37. The van der Waals surface area contributed by atoms with Crippen LogP contribution in [0.15, 0.2) is 22.9 Å². The summed E-state index contributed by atoms with van der Waals surface area (Å²) in [4.78, 5) is 4.21. The average molecular weight is 331 g/mol. The standard InChI is InChI=1S/C13H19BrN2OS/c1-13(2,3)18(17)16-6-4-5-12(16)10-7-11(14)9-15-8-10/h7-9,12H,4-6H2,1-3H3/t12-,18?/m0/s1. The molecule has 1 aromatic rings. The zero-order chi connectivity index (χ0) is 13.3. The van der Waals surface area contributed by atoms with Crippen LogP contribution in [0.1, 0.15) is 45.2 Å². The van der Waals surface area contributed by atoms with E-state index in [0.717, 1.165) is 29.4 Å². The Kier molecular flexibility index (Phi) is 4.24. The van der Waals surface area contributed by atoms with Gasteiger partial charge in [0.1, 0.15) is 11.0 Å². The van der Waals surface area contributed by atoms with Crippen molar-refractivity contribution in [2.45, 2.75) is 44.4 Å². The number of halogens is 1. The molecule has 0 spiro atoms. The molecule has 1 saturated heterocycles. The number of aromatic nitrogens is 1. The van der Waals surface area contributed by atoms with Gasteiger partial charge in [-0.2, -0.15) is 0 Å². The molecular weight excluding hydrogens is 312 g/mol. The van der Waals surface area contributed by atoms with E-state index in [-0.39, 0.29) is 10.8 Å². The molecule has 1 aromatic heterocycles. The minimum atomic E-state index is -0.960. The number of rotatable bonds is 2. The highest BCUT2D eigenvalue weighted by Gasteiger charge is 2.35. The average Bonchev–Trinajstić information content (AvgIpc) is 2.75. The molecule has 2 heterocycles. The largest absolute Gasteiger partial charge is 0.263 e. The van der Waals surface area contributed by atoms with Crippen molar-refractivity contribution in [1.82, 2.24) is 9.29 Å². The summed E-state index contributed by atoms with van der Waals surface area (Å²) in [7, 11) is -0.960. The molecule has 3 nitrogen and oxygen atoms in total. The SMILES string of the molecule is CC(C)(C)S(=O)N1CCC[C@H]1c1cncc(Br)c1. The zero-order valence-electron chi connectivity index (χ0n) is 11.0. The molecule has 0 aliphatic carbocycles. The van der Waals surface area contributed by atoms with Crippen molar-refractivity contribution in [1.29, 1.82) is 0 Å². The molecule has 0 radical (unpaired) electrons. The fourth-order valence-corrected chi connectivity index (χ4v) is 4.07. The third-order valence-electron chi connectivity index (χ3n) is 3.05. The fraction of sp³-hybridized carbons (Fsp3) is 0.615. The van der Waals surface area contributed by atoms with Gasteiger partial charge in [0.05, 0.1) is 4.75 Å². The van der Waals surface area contributed by atoms with Crippen molar-refractivity contribution in [2.75, 3.05) is 6.54 Å². The van der Waals surface area contributed by atoms with Crippen LogP contribution in [0.5, 0.6) is 0 Å². The van der Waals surface area contributed by atoms with Crippen LogP contribution in [0.25, 0.3) is 0 Å². The summed E-state index contributed by atoms with van der Waals surface area (Å²) in [6.45, 7) is 6.98. The van der Waals surface area contributed by atoms with Gasteiger partial charge in [-0.15, -0.1) is 0 Å². The maximum absolute atomic E-state index is 12.5. The summed E-state index contributed by atoms with van der Waals surface area (Å²) in [5.74, 6) is 0. The number of hydrogen-bond acceptors (Lipinski definition) is 2. The van der Waals surface area contributed by atoms with E-state index in [0.29, 0.717) is 0 Å². The summed E-state index contributed by atoms with van der Waals surface area (Å²) < 4.78 is 15.4. The Morgan fingerprint density at radius 3 is 2.78 bits per heavy atom. The van der Waals surface area contributed by atoms with E-state index in [1.165, 1.54) is 0 Å². The van der Waals surface area contributed by atoms with Crippen LogP contribution in [0.4, 0.5) is 0 Å². The zero-order valence-corrected chi connectivity index (χ0v) is 13.4. The number of hydrogen-bond donors (Lipinski definition) is 0. The highest BCUT2D eigenvalue weighted by molar-refractivity contribution is 9.10. The Labute approximate surface area is 120 Å². The van der Waals surface area contributed by atoms with E-state index < -0.39 is 11.0 Å². The van der Waals surface area contributed by atoms with E-state index in [2.05, 4.69) is 31.3 Å². The second-order valence-corrected chi connectivity index (χ2v) is 8.70. The quantitative estimate of drug-likeness (QED) is 0.832. The van der Waals surface area contributed by atoms with Crippen LogP contribution < -0.4 is 0 Å². The van der Waals surface area contributed by atoms with Crippen molar-refractivity contribution in [2.24, 2.45) is 0 Å². The summed E-state index contributed by atoms with van der Waals surface area (Å²) in [5, 5.41) is 0. The van der Waals surface area contributed by atoms with Gasteiger partial charge in [-0.3, -0.25) is 4.98 Å². The minimum absolute atomic E-state index is 0.206. The Balaban J connectivity index is 2.25. The Hall–Kier alpha value is -0.260. The monoisotopic (exact) mass is 330 g/mol. The Morgan fingerprint density at radius 1 is 1.44 bits per heavy atom. The molecule has 0 saturated carbocycles. The second-order valence-electron chi connectivity index (χ2n) is 5.60. The molecule has 2 rings (SSSR count). The summed E-state index contributed by atoms with van der Waals surface area (Å²) in [6, 6.07) is 2.31. The molecule has 0 aromatic carbocycles. The highest BCUT2D eigenvalue weighted by atomic mass is 79.9. The second kappa shape index (κ2) is 5.39. The third kappa shape index (κ3) is 3.00. The fourth-order valence-electron chi connectivity index (χ4n) is 2.23. The molecular formula is C13H19BrN2OS. The van der Waals surface area contributed by atoms with Gasteiger partial charge in [-0.05, 0) is 61.2 Å². The molecule has 1 aliphatic heterocycles. The lowest BCUT2D eigenvalue weighted by molar-refractivity contribution is 0.415. The van der Waals surface area contributed by atoms with Gasteiger partial charge < -0.3 is 0 Å². The van der Waals surface area contributed by atoms with E-state index >= 15 is 0 Å². The van der Waals surface area contributed by atoms with Crippen LogP contribution in [-0.2, 0) is 11.0 Å². The maximum Gasteiger partial charge on any atom is 0.100 e.